The van der Waals surface area contributed by atoms with Crippen LogP contribution in [-0.2, 0) is 31.7 Å². The Hall–Kier alpha value is -2.23. The molecule has 1 spiro atoms. The van der Waals surface area contributed by atoms with E-state index >= 15 is 0 Å². The number of aryl methyl sites for hydroxylation is 1. The molecule has 0 bridgehead atoms. The lowest BCUT2D eigenvalue weighted by molar-refractivity contribution is -0.170. The molecule has 1 saturated carbocycles. The molecule has 1 N–H and O–H groups in total. The van der Waals surface area contributed by atoms with E-state index in [2.05, 4.69) is 10.3 Å². The van der Waals surface area contributed by atoms with Crippen molar-refractivity contribution in [2.45, 2.75) is 55.8 Å². The monoisotopic (exact) mass is 444 g/mol. The van der Waals surface area contributed by atoms with Gasteiger partial charge in [0.05, 0.1) is 11.4 Å². The predicted octanol–water partition coefficient (Wildman–Crippen LogP) is 1.80. The van der Waals surface area contributed by atoms with Gasteiger partial charge in [0, 0.05) is 32.0 Å². The molecular weight excluding hydrogens is 416 g/mol. The molecule has 2 aromatic rings. The number of piperidine rings is 1. The standard InChI is InChI=1S/C22H28N4O4S/c1-16-2-6-18(7-3-16)31(28,29)26-11-8-22(9-12-26)21-23-10-13-25(21)15-19(30-22)20(27)24-14-17-4-5-17/h2-3,6-7,10,13,17,19H,4-5,8-9,11-12,14-15H2,1H3,(H,24,27). The number of aromatic nitrogens is 2. The summed E-state index contributed by atoms with van der Waals surface area (Å²) in [5, 5.41) is 3.01. The zero-order valence-corrected chi connectivity index (χ0v) is 18.5. The number of ether oxygens (including phenoxy) is 1. The first-order valence-corrected chi connectivity index (χ1v) is 12.4. The summed E-state index contributed by atoms with van der Waals surface area (Å²) in [6.45, 7) is 3.70. The van der Waals surface area contributed by atoms with Crippen molar-refractivity contribution in [3.63, 3.8) is 0 Å². The van der Waals surface area contributed by atoms with Crippen molar-refractivity contribution in [3.05, 3.63) is 48.0 Å². The first-order valence-electron chi connectivity index (χ1n) is 10.9. The summed E-state index contributed by atoms with van der Waals surface area (Å²) >= 11 is 0. The third-order valence-corrected chi connectivity index (χ3v) is 8.51. The molecule has 1 amide bonds. The van der Waals surface area contributed by atoms with E-state index in [1.54, 1.807) is 18.3 Å². The van der Waals surface area contributed by atoms with E-state index in [0.717, 1.165) is 11.4 Å². The molecule has 1 atom stereocenters. The van der Waals surface area contributed by atoms with Crippen LogP contribution in [0.5, 0.6) is 0 Å². The van der Waals surface area contributed by atoms with Crippen molar-refractivity contribution in [2.75, 3.05) is 19.6 Å². The number of fused-ring (bicyclic) bond motifs is 2. The van der Waals surface area contributed by atoms with Crippen LogP contribution in [0.1, 0.15) is 37.1 Å². The Morgan fingerprint density at radius 3 is 2.61 bits per heavy atom. The first-order chi connectivity index (χ1) is 14.9. The first kappa shape index (κ1) is 20.7. The SMILES string of the molecule is Cc1ccc(S(=O)(=O)N2CCC3(CC2)OC(C(=O)NCC2CC2)Cn2ccnc23)cc1. The molecule has 31 heavy (non-hydrogen) atoms. The second kappa shape index (κ2) is 7.72. The molecule has 1 aliphatic carbocycles. The van der Waals surface area contributed by atoms with E-state index in [4.69, 9.17) is 4.74 Å². The van der Waals surface area contributed by atoms with E-state index in [9.17, 15) is 13.2 Å². The van der Waals surface area contributed by atoms with Gasteiger partial charge in [-0.2, -0.15) is 4.31 Å². The quantitative estimate of drug-likeness (QED) is 0.759. The summed E-state index contributed by atoms with van der Waals surface area (Å²) in [5.74, 6) is 1.28. The molecule has 1 unspecified atom stereocenters. The molecule has 8 nitrogen and oxygen atoms in total. The molecule has 9 heteroatoms. The summed E-state index contributed by atoms with van der Waals surface area (Å²) in [4.78, 5) is 17.6. The van der Waals surface area contributed by atoms with Gasteiger partial charge in [0.25, 0.3) is 5.91 Å². The van der Waals surface area contributed by atoms with Crippen LogP contribution in [0.2, 0.25) is 0 Å². The Kier molecular flexibility index (Phi) is 5.15. The highest BCUT2D eigenvalue weighted by atomic mass is 32.2. The molecule has 1 saturated heterocycles. The number of benzene rings is 1. The van der Waals surface area contributed by atoms with Crippen LogP contribution in [-0.4, -0.2) is 53.9 Å². The summed E-state index contributed by atoms with van der Waals surface area (Å²) < 4.78 is 36.1. The van der Waals surface area contributed by atoms with Crippen LogP contribution in [0, 0.1) is 12.8 Å². The Morgan fingerprint density at radius 1 is 1.23 bits per heavy atom. The van der Waals surface area contributed by atoms with Crippen LogP contribution in [0.15, 0.2) is 41.6 Å². The maximum Gasteiger partial charge on any atom is 0.251 e. The van der Waals surface area contributed by atoms with Crippen molar-refractivity contribution < 1.29 is 17.9 Å². The van der Waals surface area contributed by atoms with Crippen molar-refractivity contribution in [3.8, 4) is 0 Å². The average molecular weight is 445 g/mol. The summed E-state index contributed by atoms with van der Waals surface area (Å²) in [7, 11) is -3.57. The number of nitrogens with one attached hydrogen (secondary N) is 1. The van der Waals surface area contributed by atoms with Gasteiger partial charge in [0.2, 0.25) is 10.0 Å². The van der Waals surface area contributed by atoms with Crippen molar-refractivity contribution in [1.82, 2.24) is 19.2 Å². The topological polar surface area (TPSA) is 93.5 Å². The Morgan fingerprint density at radius 2 is 1.94 bits per heavy atom. The number of carbonyl (C=O) groups is 1. The lowest BCUT2D eigenvalue weighted by Crippen LogP contribution is -2.54. The third-order valence-electron chi connectivity index (χ3n) is 6.60. The van der Waals surface area contributed by atoms with Crippen LogP contribution in [0.25, 0.3) is 0 Å². The predicted molar refractivity (Wildman–Crippen MR) is 114 cm³/mol. The normalized spacial score (nSPS) is 23.5. The molecule has 1 aromatic carbocycles. The van der Waals surface area contributed by atoms with Gasteiger partial charge in [-0.25, -0.2) is 13.4 Å². The lowest BCUT2D eigenvalue weighted by Gasteiger charge is -2.45. The van der Waals surface area contributed by atoms with E-state index in [0.29, 0.717) is 49.8 Å². The minimum absolute atomic E-state index is 0.0969. The second-order valence-corrected chi connectivity index (χ2v) is 10.8. The molecule has 0 radical (unpaired) electrons. The molecule has 2 aliphatic heterocycles. The van der Waals surface area contributed by atoms with Gasteiger partial charge in [-0.15, -0.1) is 0 Å². The van der Waals surface area contributed by atoms with Crippen molar-refractivity contribution >= 4 is 15.9 Å². The van der Waals surface area contributed by atoms with Gasteiger partial charge in [-0.3, -0.25) is 4.79 Å². The number of nitrogens with zero attached hydrogens (tertiary/aromatic N) is 3. The zero-order chi connectivity index (χ0) is 21.6. The fourth-order valence-electron chi connectivity index (χ4n) is 4.50. The fraction of sp³-hybridized carbons (Fsp3) is 0.545. The van der Waals surface area contributed by atoms with E-state index in [1.165, 1.54) is 17.1 Å². The maximum atomic E-state index is 13.1. The third kappa shape index (κ3) is 3.90. The van der Waals surface area contributed by atoms with E-state index < -0.39 is 21.7 Å². The molecule has 5 rings (SSSR count). The summed E-state index contributed by atoms with van der Waals surface area (Å²) in [5.41, 5.74) is 0.271. The number of rotatable bonds is 5. The zero-order valence-electron chi connectivity index (χ0n) is 17.7. The molecule has 2 fully saturated rings. The number of hydrogen-bond acceptors (Lipinski definition) is 5. The minimum Gasteiger partial charge on any atom is -0.354 e. The number of carbonyl (C=O) groups excluding carboxylic acids is 1. The van der Waals surface area contributed by atoms with Crippen LogP contribution >= 0.6 is 0 Å². The summed E-state index contributed by atoms with van der Waals surface area (Å²) in [6.07, 6.45) is 6.26. The number of imidazole rings is 1. The van der Waals surface area contributed by atoms with Crippen LogP contribution < -0.4 is 5.32 Å². The largest absolute Gasteiger partial charge is 0.354 e. The average Bonchev–Trinajstić information content (AvgIpc) is 3.47. The molecule has 1 aromatic heterocycles. The number of sulfonamides is 1. The smallest absolute Gasteiger partial charge is 0.251 e. The highest BCUT2D eigenvalue weighted by Crippen LogP contribution is 2.41. The van der Waals surface area contributed by atoms with Gasteiger partial charge in [-0.1, -0.05) is 17.7 Å². The molecule has 3 aliphatic rings. The minimum atomic E-state index is -3.57. The fourth-order valence-corrected chi connectivity index (χ4v) is 5.94. The van der Waals surface area contributed by atoms with Gasteiger partial charge in [0.1, 0.15) is 11.4 Å². The number of amides is 1. The van der Waals surface area contributed by atoms with E-state index in [-0.39, 0.29) is 5.91 Å². The lowest BCUT2D eigenvalue weighted by atomic mass is 9.89. The van der Waals surface area contributed by atoms with Crippen LogP contribution in [0.3, 0.4) is 0 Å². The highest BCUT2D eigenvalue weighted by molar-refractivity contribution is 7.89. The Bertz CT molecular complexity index is 1070. The molecule has 166 valence electrons. The Labute approximate surface area is 182 Å². The van der Waals surface area contributed by atoms with Crippen LogP contribution in [0.4, 0.5) is 0 Å². The van der Waals surface area contributed by atoms with Gasteiger partial charge >= 0.3 is 0 Å². The Balaban J connectivity index is 1.33. The van der Waals surface area contributed by atoms with Gasteiger partial charge in [-0.05, 0) is 50.7 Å². The maximum absolute atomic E-state index is 13.1. The van der Waals surface area contributed by atoms with Crippen molar-refractivity contribution in [1.29, 1.82) is 0 Å². The van der Waals surface area contributed by atoms with Crippen molar-refractivity contribution in [2.24, 2.45) is 5.92 Å². The van der Waals surface area contributed by atoms with E-state index in [1.807, 2.05) is 29.8 Å². The van der Waals surface area contributed by atoms with Gasteiger partial charge < -0.3 is 14.6 Å². The second-order valence-electron chi connectivity index (χ2n) is 8.91. The molecular formula is C22H28N4O4S. The van der Waals surface area contributed by atoms with Gasteiger partial charge in [0.15, 0.2) is 6.10 Å². The number of hydrogen-bond donors (Lipinski definition) is 1. The molecule has 3 heterocycles. The highest BCUT2D eigenvalue weighted by Gasteiger charge is 2.48. The summed E-state index contributed by atoms with van der Waals surface area (Å²) in [6, 6.07) is 6.92.